The lowest BCUT2D eigenvalue weighted by atomic mass is 10.2. The lowest BCUT2D eigenvalue weighted by molar-refractivity contribution is -0.132. The number of alkyl halides is 1. The summed E-state index contributed by atoms with van der Waals surface area (Å²) in [4.78, 5) is 20.0. The molecule has 0 radical (unpaired) electrons. The lowest BCUT2D eigenvalue weighted by Crippen LogP contribution is -2.26. The fourth-order valence-corrected chi connectivity index (χ4v) is 1.80. The maximum Gasteiger partial charge on any atom is 0.335 e. The number of carboxylic acid groups (broad SMARTS) is 1. The molecule has 0 amide bonds. The molecule has 0 aromatic rings. The van der Waals surface area contributed by atoms with Gasteiger partial charge in [-0.1, -0.05) is 26.0 Å². The predicted octanol–water partition coefficient (Wildman–Crippen LogP) is 2.28. The van der Waals surface area contributed by atoms with E-state index in [1.165, 1.54) is 6.08 Å². The van der Waals surface area contributed by atoms with Gasteiger partial charge in [0.25, 0.3) is 0 Å². The molecule has 1 aliphatic heterocycles. The number of rotatable bonds is 8. The quantitative estimate of drug-likeness (QED) is 0.311. The van der Waals surface area contributed by atoms with Crippen molar-refractivity contribution in [2.75, 3.05) is 19.8 Å². The SMILES string of the molecule is CC/C=C(\C=C/COCC1CC(F)CN1)C(=O)O.CCC=O. The van der Waals surface area contributed by atoms with Crippen molar-refractivity contribution in [2.24, 2.45) is 0 Å². The summed E-state index contributed by atoms with van der Waals surface area (Å²) in [6.45, 7) is 4.87. The Morgan fingerprint density at radius 1 is 1.41 bits per heavy atom. The van der Waals surface area contributed by atoms with Crippen molar-refractivity contribution in [3.8, 4) is 0 Å². The number of hydrogen-bond acceptors (Lipinski definition) is 4. The van der Waals surface area contributed by atoms with Crippen LogP contribution in [0.15, 0.2) is 23.8 Å². The maximum atomic E-state index is 12.8. The highest BCUT2D eigenvalue weighted by molar-refractivity contribution is 5.89. The molecule has 0 bridgehead atoms. The van der Waals surface area contributed by atoms with Crippen LogP contribution in [0.5, 0.6) is 0 Å². The number of carboxylic acids is 1. The average Bonchev–Trinajstić information content (AvgIpc) is 2.91. The third-order valence-electron chi connectivity index (χ3n) is 2.84. The van der Waals surface area contributed by atoms with E-state index in [0.717, 1.165) is 6.29 Å². The molecule has 5 nitrogen and oxygen atoms in total. The Bertz CT molecular complexity index is 382. The molecule has 126 valence electrons. The van der Waals surface area contributed by atoms with Crippen molar-refractivity contribution < 1.29 is 23.8 Å². The van der Waals surface area contributed by atoms with Gasteiger partial charge in [-0.3, -0.25) is 0 Å². The van der Waals surface area contributed by atoms with E-state index in [0.29, 0.717) is 39.0 Å². The van der Waals surface area contributed by atoms with Crippen molar-refractivity contribution in [3.05, 3.63) is 23.8 Å². The Kier molecular flexibility index (Phi) is 12.2. The van der Waals surface area contributed by atoms with E-state index >= 15 is 0 Å². The molecule has 2 unspecified atom stereocenters. The van der Waals surface area contributed by atoms with Crippen molar-refractivity contribution in [1.29, 1.82) is 0 Å². The lowest BCUT2D eigenvalue weighted by Gasteiger charge is -2.08. The van der Waals surface area contributed by atoms with Gasteiger partial charge in [0.15, 0.2) is 0 Å². The highest BCUT2D eigenvalue weighted by atomic mass is 19.1. The minimum atomic E-state index is -0.939. The van der Waals surface area contributed by atoms with Gasteiger partial charge in [0.1, 0.15) is 12.5 Å². The highest BCUT2D eigenvalue weighted by Gasteiger charge is 2.22. The molecular formula is C16H26FNO4. The minimum Gasteiger partial charge on any atom is -0.478 e. The van der Waals surface area contributed by atoms with Crippen LogP contribution in [0.3, 0.4) is 0 Å². The molecule has 1 saturated heterocycles. The third kappa shape index (κ3) is 10.2. The van der Waals surface area contributed by atoms with Gasteiger partial charge >= 0.3 is 5.97 Å². The van der Waals surface area contributed by atoms with Gasteiger partial charge < -0.3 is 20.0 Å². The topological polar surface area (TPSA) is 75.6 Å². The predicted molar refractivity (Wildman–Crippen MR) is 83.6 cm³/mol. The minimum absolute atomic E-state index is 0.0681. The normalized spacial score (nSPS) is 21.5. The first kappa shape index (κ1) is 20.5. The number of allylic oxidation sites excluding steroid dienone is 1. The Hall–Kier alpha value is -1.53. The fraction of sp³-hybridized carbons (Fsp3) is 0.625. The Morgan fingerprint density at radius 3 is 2.55 bits per heavy atom. The number of nitrogens with one attached hydrogen (secondary N) is 1. The van der Waals surface area contributed by atoms with Crippen LogP contribution in [-0.4, -0.2) is 49.3 Å². The van der Waals surface area contributed by atoms with E-state index in [-0.39, 0.29) is 11.6 Å². The van der Waals surface area contributed by atoms with E-state index in [1.807, 2.05) is 13.8 Å². The smallest absolute Gasteiger partial charge is 0.335 e. The van der Waals surface area contributed by atoms with Crippen LogP contribution in [0.4, 0.5) is 4.39 Å². The maximum absolute atomic E-state index is 12.8. The second-order valence-corrected chi connectivity index (χ2v) is 4.83. The van der Waals surface area contributed by atoms with Gasteiger partial charge in [0.05, 0.1) is 18.8 Å². The van der Waals surface area contributed by atoms with Gasteiger partial charge in [-0.05, 0) is 18.9 Å². The molecule has 0 aromatic carbocycles. The number of carbonyl (C=O) groups excluding carboxylic acids is 1. The van der Waals surface area contributed by atoms with Gasteiger partial charge in [-0.25, -0.2) is 9.18 Å². The van der Waals surface area contributed by atoms with Crippen molar-refractivity contribution >= 4 is 12.3 Å². The molecule has 6 heteroatoms. The van der Waals surface area contributed by atoms with E-state index < -0.39 is 12.1 Å². The number of aliphatic carboxylic acids is 1. The summed E-state index contributed by atoms with van der Waals surface area (Å²) in [5.41, 5.74) is 0.268. The molecule has 0 spiro atoms. The first-order valence-electron chi connectivity index (χ1n) is 7.53. The summed E-state index contributed by atoms with van der Waals surface area (Å²) < 4.78 is 18.2. The molecule has 2 atom stereocenters. The molecule has 2 N–H and O–H groups in total. The first-order valence-corrected chi connectivity index (χ1v) is 7.53. The van der Waals surface area contributed by atoms with E-state index in [1.54, 1.807) is 12.2 Å². The summed E-state index contributed by atoms with van der Waals surface area (Å²) in [6.07, 6.45) is 6.74. The molecule has 1 fully saturated rings. The molecular weight excluding hydrogens is 289 g/mol. The van der Waals surface area contributed by atoms with Gasteiger partial charge in [0.2, 0.25) is 0 Å². The molecule has 0 aromatic heterocycles. The summed E-state index contributed by atoms with van der Waals surface area (Å²) in [5, 5.41) is 11.9. The van der Waals surface area contributed by atoms with E-state index in [4.69, 9.17) is 9.84 Å². The molecule has 0 saturated carbocycles. The number of ether oxygens (including phenoxy) is 1. The van der Waals surface area contributed by atoms with Gasteiger partial charge in [0, 0.05) is 19.0 Å². The Balaban J connectivity index is 0.000000980. The van der Waals surface area contributed by atoms with Gasteiger partial charge in [-0.2, -0.15) is 0 Å². The zero-order valence-electron chi connectivity index (χ0n) is 13.3. The fourth-order valence-electron chi connectivity index (χ4n) is 1.80. The van der Waals surface area contributed by atoms with Crippen LogP contribution in [0, 0.1) is 0 Å². The number of hydrogen-bond donors (Lipinski definition) is 2. The van der Waals surface area contributed by atoms with E-state index in [9.17, 15) is 14.0 Å². The summed E-state index contributed by atoms with van der Waals surface area (Å²) >= 11 is 0. The second-order valence-electron chi connectivity index (χ2n) is 4.83. The molecule has 1 aliphatic rings. The van der Waals surface area contributed by atoms with Crippen LogP contribution < -0.4 is 5.32 Å². The summed E-state index contributed by atoms with van der Waals surface area (Å²) in [5.74, 6) is -0.939. The van der Waals surface area contributed by atoms with Crippen LogP contribution >= 0.6 is 0 Å². The first-order chi connectivity index (χ1) is 10.5. The zero-order chi connectivity index (χ0) is 16.8. The standard InChI is InChI=1S/C13H20FNO3.C3H6O/c1-2-4-10(13(16)17)5-3-6-18-9-12-7-11(14)8-15-12;1-2-3-4/h3-5,11-12,15H,2,6-9H2,1H3,(H,16,17);3H,2H2,1H3/b5-3-,10-4+;. The Morgan fingerprint density at radius 2 is 2.09 bits per heavy atom. The van der Waals surface area contributed by atoms with Crippen molar-refractivity contribution in [2.45, 2.75) is 45.3 Å². The third-order valence-corrected chi connectivity index (χ3v) is 2.84. The molecule has 1 rings (SSSR count). The molecule has 0 aliphatic carbocycles. The number of aldehydes is 1. The number of carbonyl (C=O) groups is 2. The van der Waals surface area contributed by atoms with Gasteiger partial charge in [-0.15, -0.1) is 0 Å². The highest BCUT2D eigenvalue weighted by Crippen LogP contribution is 2.09. The van der Waals surface area contributed by atoms with Crippen molar-refractivity contribution in [1.82, 2.24) is 5.32 Å². The molecule has 1 heterocycles. The largest absolute Gasteiger partial charge is 0.478 e. The van der Waals surface area contributed by atoms with Crippen LogP contribution in [0.25, 0.3) is 0 Å². The average molecular weight is 315 g/mol. The van der Waals surface area contributed by atoms with Crippen molar-refractivity contribution in [3.63, 3.8) is 0 Å². The zero-order valence-corrected chi connectivity index (χ0v) is 13.3. The van der Waals surface area contributed by atoms with Crippen LogP contribution in [0.2, 0.25) is 0 Å². The molecule has 22 heavy (non-hydrogen) atoms. The second kappa shape index (κ2) is 13.2. The number of halogens is 1. The van der Waals surface area contributed by atoms with Crippen LogP contribution in [0.1, 0.15) is 33.1 Å². The monoisotopic (exact) mass is 315 g/mol. The Labute approximate surface area is 131 Å². The summed E-state index contributed by atoms with van der Waals surface area (Å²) in [7, 11) is 0. The van der Waals surface area contributed by atoms with E-state index in [2.05, 4.69) is 5.32 Å². The van der Waals surface area contributed by atoms with Crippen LogP contribution in [-0.2, 0) is 14.3 Å². The summed E-state index contributed by atoms with van der Waals surface area (Å²) in [6, 6.07) is 0.0681.